The highest BCUT2D eigenvalue weighted by Crippen LogP contribution is 2.46. The summed E-state index contributed by atoms with van der Waals surface area (Å²) in [5.74, 6) is -1.04. The molecule has 0 radical (unpaired) electrons. The molecule has 3 heterocycles. The molecule has 2 aliphatic rings. The molecule has 1 aromatic heterocycles. The summed E-state index contributed by atoms with van der Waals surface area (Å²) in [4.78, 5) is 20.6. The van der Waals surface area contributed by atoms with Gasteiger partial charge in [-0.05, 0) is 48.7 Å². The number of nitrogens with two attached hydrogens (primary N) is 1. The number of guanidine groups is 1. The zero-order chi connectivity index (χ0) is 23.1. The summed E-state index contributed by atoms with van der Waals surface area (Å²) < 4.78 is 60.4. The molecule has 12 heteroatoms. The second kappa shape index (κ2) is 8.24. The van der Waals surface area contributed by atoms with Gasteiger partial charge in [0.1, 0.15) is 17.1 Å². The number of halogens is 4. The van der Waals surface area contributed by atoms with E-state index in [4.69, 9.17) is 10.5 Å². The molecular weight excluding hydrogens is 450 g/mol. The van der Waals surface area contributed by atoms with Gasteiger partial charge in [0.25, 0.3) is 5.91 Å². The van der Waals surface area contributed by atoms with Crippen LogP contribution in [0.2, 0.25) is 0 Å². The van der Waals surface area contributed by atoms with Gasteiger partial charge in [-0.25, -0.2) is 9.38 Å². The lowest BCUT2D eigenvalue weighted by Gasteiger charge is -2.45. The molecule has 0 bridgehead atoms. The lowest BCUT2D eigenvalue weighted by molar-refractivity contribution is -0.137. The molecule has 2 aliphatic heterocycles. The first-order valence-corrected chi connectivity index (χ1v) is 10.4. The van der Waals surface area contributed by atoms with Crippen molar-refractivity contribution in [3.8, 4) is 0 Å². The third-order valence-electron chi connectivity index (χ3n) is 5.32. The number of anilines is 1. The molecule has 2 atom stereocenters. The molecular formula is C20H19F4N5O2S. The van der Waals surface area contributed by atoms with E-state index in [9.17, 15) is 22.4 Å². The second-order valence-corrected chi connectivity index (χ2v) is 8.73. The van der Waals surface area contributed by atoms with Crippen LogP contribution in [0.5, 0.6) is 0 Å². The number of benzene rings is 1. The van der Waals surface area contributed by atoms with E-state index in [0.717, 1.165) is 12.1 Å². The molecule has 2 unspecified atom stereocenters. The predicted octanol–water partition coefficient (Wildman–Crippen LogP) is 3.38. The molecule has 2 aromatic rings. The van der Waals surface area contributed by atoms with Gasteiger partial charge in [-0.1, -0.05) is 0 Å². The average Bonchev–Trinajstić information content (AvgIpc) is 2.75. The Morgan fingerprint density at radius 3 is 2.81 bits per heavy atom. The van der Waals surface area contributed by atoms with Gasteiger partial charge in [-0.2, -0.15) is 13.2 Å². The summed E-state index contributed by atoms with van der Waals surface area (Å²) in [5.41, 5.74) is 4.22. The summed E-state index contributed by atoms with van der Waals surface area (Å²) in [5, 5.41) is 2.41. The van der Waals surface area contributed by atoms with E-state index in [2.05, 4.69) is 15.3 Å². The number of nitrogens with zero attached hydrogens (tertiary/aromatic N) is 3. The average molecular weight is 469 g/mol. The van der Waals surface area contributed by atoms with Gasteiger partial charge in [0.15, 0.2) is 0 Å². The number of pyridine rings is 1. The van der Waals surface area contributed by atoms with Crippen LogP contribution in [-0.4, -0.2) is 46.7 Å². The molecule has 0 saturated carbocycles. The quantitative estimate of drug-likeness (QED) is 0.529. The van der Waals surface area contributed by atoms with Crippen LogP contribution in [0.1, 0.15) is 28.0 Å². The fourth-order valence-electron chi connectivity index (χ4n) is 3.65. The minimum atomic E-state index is -4.56. The SMILES string of the molecule is CN1SC2CCOCC2(c2cc(NC(=O)c3ccc(C(F)(F)F)cn3)ccc2F)N=C1N. The summed E-state index contributed by atoms with van der Waals surface area (Å²) in [6.07, 6.45) is -3.35. The van der Waals surface area contributed by atoms with Gasteiger partial charge in [-0.3, -0.25) is 14.1 Å². The van der Waals surface area contributed by atoms with Crippen molar-refractivity contribution in [2.45, 2.75) is 23.4 Å². The Bertz CT molecular complexity index is 1060. The number of nitrogens with one attached hydrogen (secondary N) is 1. The van der Waals surface area contributed by atoms with Crippen molar-refractivity contribution in [2.24, 2.45) is 10.7 Å². The molecule has 0 spiro atoms. The third kappa shape index (κ3) is 4.11. The van der Waals surface area contributed by atoms with Crippen LogP contribution in [0.4, 0.5) is 23.2 Å². The maximum Gasteiger partial charge on any atom is 0.417 e. The van der Waals surface area contributed by atoms with Gasteiger partial charge in [-0.15, -0.1) is 0 Å². The van der Waals surface area contributed by atoms with E-state index >= 15 is 0 Å². The van der Waals surface area contributed by atoms with Crippen molar-refractivity contribution >= 4 is 29.5 Å². The predicted molar refractivity (Wildman–Crippen MR) is 111 cm³/mol. The number of fused-ring (bicyclic) bond motifs is 1. The summed E-state index contributed by atoms with van der Waals surface area (Å²) >= 11 is 1.44. The van der Waals surface area contributed by atoms with Crippen LogP contribution in [0, 0.1) is 5.82 Å². The lowest BCUT2D eigenvalue weighted by Crippen LogP contribution is -2.52. The fourth-order valence-corrected chi connectivity index (χ4v) is 4.81. The van der Waals surface area contributed by atoms with Gasteiger partial charge in [0, 0.05) is 31.1 Å². The van der Waals surface area contributed by atoms with E-state index in [-0.39, 0.29) is 34.8 Å². The molecule has 1 aromatic carbocycles. The number of carbonyl (C=O) groups is 1. The highest BCUT2D eigenvalue weighted by molar-refractivity contribution is 7.98. The Morgan fingerprint density at radius 2 is 2.12 bits per heavy atom. The van der Waals surface area contributed by atoms with Crippen LogP contribution < -0.4 is 11.1 Å². The normalized spacial score (nSPS) is 23.3. The summed E-state index contributed by atoms with van der Waals surface area (Å²) in [6.45, 7) is 0.619. The minimum absolute atomic E-state index is 0.119. The van der Waals surface area contributed by atoms with Gasteiger partial charge < -0.3 is 15.8 Å². The number of hydrogen-bond acceptors (Lipinski definition) is 7. The summed E-state index contributed by atoms with van der Waals surface area (Å²) in [7, 11) is 1.77. The molecule has 0 aliphatic carbocycles. The van der Waals surface area contributed by atoms with E-state index in [0.29, 0.717) is 19.2 Å². The Kier molecular flexibility index (Phi) is 5.76. The number of aliphatic imine (C=N–C) groups is 1. The van der Waals surface area contributed by atoms with E-state index in [1.165, 1.54) is 30.1 Å². The Balaban J connectivity index is 1.64. The van der Waals surface area contributed by atoms with Crippen molar-refractivity contribution in [1.82, 2.24) is 9.29 Å². The number of hydrogen-bond donors (Lipinski definition) is 2. The maximum absolute atomic E-state index is 14.9. The number of alkyl halides is 3. The fraction of sp³-hybridized carbons (Fsp3) is 0.350. The monoisotopic (exact) mass is 469 g/mol. The first kappa shape index (κ1) is 22.3. The first-order valence-electron chi connectivity index (χ1n) is 9.58. The van der Waals surface area contributed by atoms with E-state index in [1.54, 1.807) is 11.4 Å². The highest BCUT2D eigenvalue weighted by atomic mass is 32.2. The van der Waals surface area contributed by atoms with Crippen molar-refractivity contribution in [3.63, 3.8) is 0 Å². The molecule has 170 valence electrons. The van der Waals surface area contributed by atoms with Gasteiger partial charge >= 0.3 is 6.18 Å². The topological polar surface area (TPSA) is 92.8 Å². The molecule has 1 amide bonds. The first-order chi connectivity index (χ1) is 15.1. The number of aromatic nitrogens is 1. The standard InChI is InChI=1S/C20H19F4N5O2S/c1-29-18(25)28-19(10-31-7-6-16(19)32-29)13-8-12(3-4-14(13)21)27-17(30)15-5-2-11(9-26-15)20(22,23)24/h2-5,8-9,16H,6-7,10H2,1H3,(H2,25,28)(H,27,30). The smallest absolute Gasteiger partial charge is 0.378 e. The van der Waals surface area contributed by atoms with Gasteiger partial charge in [0.2, 0.25) is 5.96 Å². The Hall–Kier alpha value is -2.86. The lowest BCUT2D eigenvalue weighted by atomic mass is 9.84. The molecule has 1 fully saturated rings. The van der Waals surface area contributed by atoms with Crippen LogP contribution in [0.15, 0.2) is 41.5 Å². The largest absolute Gasteiger partial charge is 0.417 e. The molecule has 3 N–H and O–H groups in total. The minimum Gasteiger partial charge on any atom is -0.378 e. The van der Waals surface area contributed by atoms with Crippen molar-refractivity contribution in [2.75, 3.05) is 25.6 Å². The molecule has 32 heavy (non-hydrogen) atoms. The van der Waals surface area contributed by atoms with Crippen molar-refractivity contribution in [3.05, 3.63) is 59.2 Å². The highest BCUT2D eigenvalue weighted by Gasteiger charge is 2.49. The van der Waals surface area contributed by atoms with E-state index in [1.807, 2.05) is 0 Å². The number of ether oxygens (including phenoxy) is 1. The van der Waals surface area contributed by atoms with Crippen molar-refractivity contribution < 1.29 is 27.1 Å². The van der Waals surface area contributed by atoms with Crippen LogP contribution in [-0.2, 0) is 16.5 Å². The van der Waals surface area contributed by atoms with Crippen LogP contribution in [0.25, 0.3) is 0 Å². The molecule has 4 rings (SSSR count). The number of rotatable bonds is 3. The third-order valence-corrected chi connectivity index (χ3v) is 6.70. The second-order valence-electron chi connectivity index (χ2n) is 7.41. The van der Waals surface area contributed by atoms with Crippen LogP contribution >= 0.6 is 11.9 Å². The maximum atomic E-state index is 14.9. The van der Waals surface area contributed by atoms with Gasteiger partial charge in [0.05, 0.1) is 17.4 Å². The van der Waals surface area contributed by atoms with E-state index < -0.39 is 29.0 Å². The summed E-state index contributed by atoms with van der Waals surface area (Å²) in [6, 6.07) is 5.74. The number of amides is 1. The van der Waals surface area contributed by atoms with Crippen molar-refractivity contribution in [1.29, 1.82) is 0 Å². The molecule has 7 nitrogen and oxygen atoms in total. The Labute approximate surface area is 185 Å². The zero-order valence-electron chi connectivity index (χ0n) is 16.8. The molecule has 1 saturated heterocycles. The number of carbonyl (C=O) groups excluding carboxylic acids is 1. The van der Waals surface area contributed by atoms with Crippen LogP contribution in [0.3, 0.4) is 0 Å². The zero-order valence-corrected chi connectivity index (χ0v) is 17.6. The Morgan fingerprint density at radius 1 is 1.34 bits per heavy atom.